The average Bonchev–Trinajstić information content (AvgIpc) is 2.93. The summed E-state index contributed by atoms with van der Waals surface area (Å²) in [5, 5.41) is 25.6. The molecule has 35 heavy (non-hydrogen) atoms. The average molecular weight is 468 g/mol. The SMILES string of the molecule is Cc1ccc2c(C#N)c(C[P+](c3ccccc3)(c3ccccc3)c3ccccc3)ccc2c1C#N. The molecule has 0 unspecified atom stereocenters. The Labute approximate surface area is 207 Å². The van der Waals surface area contributed by atoms with E-state index in [0.29, 0.717) is 11.1 Å². The number of nitrogens with zero attached hydrogens (tertiary/aromatic N) is 2. The van der Waals surface area contributed by atoms with Crippen molar-refractivity contribution in [2.45, 2.75) is 13.1 Å². The van der Waals surface area contributed by atoms with Crippen LogP contribution in [0.4, 0.5) is 0 Å². The number of aryl methyl sites for hydroxylation is 1. The second-order valence-electron chi connectivity index (χ2n) is 8.65. The van der Waals surface area contributed by atoms with Crippen LogP contribution < -0.4 is 15.9 Å². The lowest BCUT2D eigenvalue weighted by molar-refractivity contribution is 1.35. The molecule has 0 saturated heterocycles. The topological polar surface area (TPSA) is 47.6 Å². The molecule has 166 valence electrons. The lowest BCUT2D eigenvalue weighted by atomic mass is 9.95. The number of fused-ring (bicyclic) bond motifs is 1. The number of hydrogen-bond acceptors (Lipinski definition) is 2. The van der Waals surface area contributed by atoms with Crippen LogP contribution in [0.2, 0.25) is 0 Å². The molecule has 0 bridgehead atoms. The van der Waals surface area contributed by atoms with Crippen molar-refractivity contribution in [2.75, 3.05) is 0 Å². The van der Waals surface area contributed by atoms with Crippen molar-refractivity contribution in [3.63, 3.8) is 0 Å². The molecule has 0 radical (unpaired) electrons. The van der Waals surface area contributed by atoms with E-state index in [0.717, 1.165) is 28.1 Å². The van der Waals surface area contributed by atoms with E-state index in [-0.39, 0.29) is 0 Å². The third kappa shape index (κ3) is 3.90. The summed E-state index contributed by atoms with van der Waals surface area (Å²) in [6.45, 7) is 1.94. The highest BCUT2D eigenvalue weighted by atomic mass is 31.2. The van der Waals surface area contributed by atoms with Crippen LogP contribution in [0.25, 0.3) is 10.8 Å². The van der Waals surface area contributed by atoms with Crippen LogP contribution in [-0.2, 0) is 6.16 Å². The van der Waals surface area contributed by atoms with Gasteiger partial charge in [0.1, 0.15) is 35.3 Å². The van der Waals surface area contributed by atoms with E-state index in [1.807, 2.05) is 25.1 Å². The fraction of sp³-hybridized carbons (Fsp3) is 0.0625. The molecule has 0 aliphatic rings. The van der Waals surface area contributed by atoms with Crippen LogP contribution in [0.15, 0.2) is 115 Å². The normalized spacial score (nSPS) is 11.1. The van der Waals surface area contributed by atoms with E-state index >= 15 is 0 Å². The summed E-state index contributed by atoms with van der Waals surface area (Å²) in [4.78, 5) is 0. The zero-order valence-corrected chi connectivity index (χ0v) is 20.4. The minimum Gasteiger partial charge on any atom is -0.192 e. The van der Waals surface area contributed by atoms with E-state index in [1.54, 1.807) is 0 Å². The molecule has 0 spiro atoms. The van der Waals surface area contributed by atoms with Crippen LogP contribution in [0, 0.1) is 29.6 Å². The number of benzene rings is 5. The summed E-state index contributed by atoms with van der Waals surface area (Å²) < 4.78 is 0. The standard InChI is InChI=1S/C32H24N2P/c1-24-17-19-30-29(31(24)21-33)20-18-25(32(30)22-34)23-35(26-11-5-2-6-12-26,27-13-7-3-8-14-27)28-15-9-4-10-16-28/h2-20H,23H2,1H3/q+1. The molecule has 0 N–H and O–H groups in total. The summed E-state index contributed by atoms with van der Waals surface area (Å²) in [5.41, 5.74) is 3.24. The number of nitriles is 2. The Hall–Kier alpha value is -4.23. The van der Waals surface area contributed by atoms with Crippen LogP contribution in [0.1, 0.15) is 22.3 Å². The molecule has 0 fully saturated rings. The maximum atomic E-state index is 10.3. The van der Waals surface area contributed by atoms with Crippen LogP contribution >= 0.6 is 7.26 Å². The van der Waals surface area contributed by atoms with E-state index in [1.165, 1.54) is 15.9 Å². The van der Waals surface area contributed by atoms with Gasteiger partial charge in [-0.25, -0.2) is 0 Å². The van der Waals surface area contributed by atoms with E-state index < -0.39 is 7.26 Å². The zero-order chi connectivity index (χ0) is 24.3. The van der Waals surface area contributed by atoms with Gasteiger partial charge in [0.2, 0.25) is 0 Å². The summed E-state index contributed by atoms with van der Waals surface area (Å²) in [6.07, 6.45) is 0.722. The minimum absolute atomic E-state index is 0.640. The molecular weight excluding hydrogens is 443 g/mol. The minimum atomic E-state index is -2.14. The van der Waals surface area contributed by atoms with E-state index in [9.17, 15) is 10.5 Å². The number of rotatable bonds is 5. The molecular formula is C32H24N2P+. The smallest absolute Gasteiger partial charge is 0.116 e. The molecule has 5 rings (SSSR count). The monoisotopic (exact) mass is 467 g/mol. The largest absolute Gasteiger partial charge is 0.192 e. The van der Waals surface area contributed by atoms with Gasteiger partial charge in [0.05, 0.1) is 17.3 Å². The summed E-state index contributed by atoms with van der Waals surface area (Å²) >= 11 is 0. The lowest BCUT2D eigenvalue weighted by Crippen LogP contribution is -2.32. The lowest BCUT2D eigenvalue weighted by Gasteiger charge is -2.28. The Morgan fingerprint density at radius 3 is 1.43 bits per heavy atom. The van der Waals surface area contributed by atoms with Gasteiger partial charge in [-0.15, -0.1) is 0 Å². The van der Waals surface area contributed by atoms with Gasteiger partial charge in [0.25, 0.3) is 0 Å². The van der Waals surface area contributed by atoms with Gasteiger partial charge in [-0.3, -0.25) is 0 Å². The van der Waals surface area contributed by atoms with Crippen LogP contribution in [0.3, 0.4) is 0 Å². The molecule has 0 atom stereocenters. The predicted molar refractivity (Wildman–Crippen MR) is 147 cm³/mol. The first-order valence-corrected chi connectivity index (χ1v) is 13.6. The first-order valence-electron chi connectivity index (χ1n) is 11.6. The highest BCUT2D eigenvalue weighted by Crippen LogP contribution is 2.58. The molecule has 0 aliphatic heterocycles. The third-order valence-electron chi connectivity index (χ3n) is 6.72. The van der Waals surface area contributed by atoms with Gasteiger partial charge >= 0.3 is 0 Å². The van der Waals surface area contributed by atoms with E-state index in [2.05, 4.69) is 109 Å². The van der Waals surface area contributed by atoms with Crippen molar-refractivity contribution in [1.29, 1.82) is 10.5 Å². The van der Waals surface area contributed by atoms with Crippen molar-refractivity contribution >= 4 is 33.9 Å². The van der Waals surface area contributed by atoms with Gasteiger partial charge in [0.15, 0.2) is 0 Å². The fourth-order valence-electron chi connectivity index (χ4n) is 5.00. The second-order valence-corrected chi connectivity index (χ2v) is 12.1. The van der Waals surface area contributed by atoms with Gasteiger partial charge < -0.3 is 0 Å². The molecule has 0 heterocycles. The Morgan fingerprint density at radius 1 is 0.543 bits per heavy atom. The maximum absolute atomic E-state index is 10.3. The van der Waals surface area contributed by atoms with Gasteiger partial charge in [-0.1, -0.05) is 78.9 Å². The second kappa shape index (κ2) is 9.56. The maximum Gasteiger partial charge on any atom is 0.116 e. The molecule has 2 nitrogen and oxygen atoms in total. The highest BCUT2D eigenvalue weighted by molar-refractivity contribution is 7.95. The Morgan fingerprint density at radius 2 is 0.971 bits per heavy atom. The van der Waals surface area contributed by atoms with Crippen LogP contribution in [0.5, 0.6) is 0 Å². The van der Waals surface area contributed by atoms with Gasteiger partial charge in [-0.2, -0.15) is 10.5 Å². The van der Waals surface area contributed by atoms with Crippen molar-refractivity contribution < 1.29 is 0 Å². The number of hydrogen-bond donors (Lipinski definition) is 0. The molecule has 0 aliphatic carbocycles. The molecule has 0 amide bonds. The van der Waals surface area contributed by atoms with Crippen LogP contribution in [-0.4, -0.2) is 0 Å². The Kier molecular flexibility index (Phi) is 6.16. The van der Waals surface area contributed by atoms with Crippen molar-refractivity contribution in [1.82, 2.24) is 0 Å². The molecule has 5 aromatic rings. The van der Waals surface area contributed by atoms with Crippen molar-refractivity contribution in [2.24, 2.45) is 0 Å². The quantitative estimate of drug-likeness (QED) is 0.281. The third-order valence-corrected chi connectivity index (χ3v) is 11.1. The highest BCUT2D eigenvalue weighted by Gasteiger charge is 2.45. The van der Waals surface area contributed by atoms with E-state index in [4.69, 9.17) is 0 Å². The zero-order valence-electron chi connectivity index (χ0n) is 19.5. The molecule has 0 saturated carbocycles. The van der Waals surface area contributed by atoms with Gasteiger partial charge in [0, 0.05) is 16.3 Å². The summed E-state index contributed by atoms with van der Waals surface area (Å²) in [7, 11) is -2.14. The molecule has 5 aromatic carbocycles. The summed E-state index contributed by atoms with van der Waals surface area (Å²) in [6, 6.07) is 44.9. The Bertz CT molecular complexity index is 1480. The summed E-state index contributed by atoms with van der Waals surface area (Å²) in [5.74, 6) is 0. The molecule has 0 aromatic heterocycles. The fourth-order valence-corrected chi connectivity index (χ4v) is 9.26. The predicted octanol–water partition coefficient (Wildman–Crippen LogP) is 6.39. The first kappa shape index (κ1) is 22.6. The van der Waals surface area contributed by atoms with Crippen molar-refractivity contribution in [3.8, 4) is 12.1 Å². The van der Waals surface area contributed by atoms with Gasteiger partial charge in [-0.05, 0) is 48.9 Å². The Balaban J connectivity index is 1.83. The van der Waals surface area contributed by atoms with Crippen molar-refractivity contribution in [3.05, 3.63) is 138 Å². The first-order chi connectivity index (χ1) is 17.2. The molecule has 3 heteroatoms.